The van der Waals surface area contributed by atoms with Crippen LogP contribution >= 0.6 is 0 Å². The number of Topliss-reactive ketones (excluding diaryl/α,β-unsaturated/α-hetero) is 1. The first-order chi connectivity index (χ1) is 16.3. The number of hydrogen-bond donors (Lipinski definition) is 1. The summed E-state index contributed by atoms with van der Waals surface area (Å²) in [6.45, 7) is 4.17. The zero-order valence-electron chi connectivity index (χ0n) is 18.6. The largest absolute Gasteiger partial charge is 0.507 e. The predicted octanol–water partition coefficient (Wildman–Crippen LogP) is 4.93. The molecule has 0 radical (unpaired) electrons. The van der Waals surface area contributed by atoms with Gasteiger partial charge in [-0.15, -0.1) is 0 Å². The van der Waals surface area contributed by atoms with Crippen molar-refractivity contribution in [1.29, 1.82) is 0 Å². The first-order valence-corrected chi connectivity index (χ1v) is 10.7. The SMILES string of the molecule is CCOc1ccc(C2/C(=C(/O)c3cccc([N+](=O)[O-])c3)C(=O)C(=O)N2c2ccccc2C)cc1. The lowest BCUT2D eigenvalue weighted by molar-refractivity contribution is -0.384. The van der Waals surface area contributed by atoms with Gasteiger partial charge in [0.2, 0.25) is 0 Å². The number of aryl methyl sites for hydroxylation is 1. The fraction of sp³-hybridized carbons (Fsp3) is 0.154. The van der Waals surface area contributed by atoms with E-state index in [0.29, 0.717) is 23.6 Å². The predicted molar refractivity (Wildman–Crippen MR) is 127 cm³/mol. The van der Waals surface area contributed by atoms with Crippen molar-refractivity contribution in [3.8, 4) is 5.75 Å². The Morgan fingerprint density at radius 2 is 1.76 bits per heavy atom. The zero-order chi connectivity index (χ0) is 24.4. The molecule has 1 amide bonds. The maximum atomic E-state index is 13.2. The first kappa shape index (κ1) is 22.7. The Kier molecular flexibility index (Phi) is 6.14. The number of nitro benzene ring substituents is 1. The second kappa shape index (κ2) is 9.19. The summed E-state index contributed by atoms with van der Waals surface area (Å²) in [6.07, 6.45) is 0. The number of benzene rings is 3. The van der Waals surface area contributed by atoms with Gasteiger partial charge in [0.05, 0.1) is 23.1 Å². The minimum atomic E-state index is -0.934. The van der Waals surface area contributed by atoms with Crippen LogP contribution in [0.4, 0.5) is 11.4 Å². The number of amides is 1. The maximum Gasteiger partial charge on any atom is 0.300 e. The van der Waals surface area contributed by atoms with Crippen LogP contribution < -0.4 is 9.64 Å². The summed E-state index contributed by atoms with van der Waals surface area (Å²) in [5.41, 5.74) is 1.58. The number of aliphatic hydroxyl groups excluding tert-OH is 1. The molecule has 1 heterocycles. The Morgan fingerprint density at radius 3 is 2.41 bits per heavy atom. The van der Waals surface area contributed by atoms with Crippen molar-refractivity contribution in [2.45, 2.75) is 19.9 Å². The van der Waals surface area contributed by atoms with Gasteiger partial charge in [-0.25, -0.2) is 0 Å². The van der Waals surface area contributed by atoms with E-state index >= 15 is 0 Å². The molecule has 1 aliphatic rings. The smallest absolute Gasteiger partial charge is 0.300 e. The molecule has 8 heteroatoms. The Balaban J connectivity index is 1.93. The molecule has 1 aliphatic heterocycles. The van der Waals surface area contributed by atoms with E-state index in [1.54, 1.807) is 36.4 Å². The van der Waals surface area contributed by atoms with Crippen molar-refractivity contribution in [1.82, 2.24) is 0 Å². The van der Waals surface area contributed by atoms with E-state index in [0.717, 1.165) is 5.56 Å². The lowest BCUT2D eigenvalue weighted by atomic mass is 9.94. The average Bonchev–Trinajstić information content (AvgIpc) is 3.10. The van der Waals surface area contributed by atoms with Gasteiger partial charge in [0, 0.05) is 23.4 Å². The van der Waals surface area contributed by atoms with Gasteiger partial charge in [-0.2, -0.15) is 0 Å². The molecule has 34 heavy (non-hydrogen) atoms. The highest BCUT2D eigenvalue weighted by atomic mass is 16.6. The molecule has 172 valence electrons. The van der Waals surface area contributed by atoms with Crippen LogP contribution in [0.25, 0.3) is 5.76 Å². The van der Waals surface area contributed by atoms with Gasteiger partial charge < -0.3 is 9.84 Å². The topological polar surface area (TPSA) is 110 Å². The molecule has 1 atom stereocenters. The number of anilines is 1. The summed E-state index contributed by atoms with van der Waals surface area (Å²) in [7, 11) is 0. The maximum absolute atomic E-state index is 13.2. The van der Waals surface area contributed by atoms with Crippen LogP contribution in [0, 0.1) is 17.0 Å². The Morgan fingerprint density at radius 1 is 1.06 bits per heavy atom. The Labute approximate surface area is 195 Å². The third-order valence-corrected chi connectivity index (χ3v) is 5.66. The quantitative estimate of drug-likeness (QED) is 0.184. The summed E-state index contributed by atoms with van der Waals surface area (Å²) >= 11 is 0. The minimum Gasteiger partial charge on any atom is -0.507 e. The van der Waals surface area contributed by atoms with Gasteiger partial charge in [-0.3, -0.25) is 24.6 Å². The highest BCUT2D eigenvalue weighted by Gasteiger charge is 2.47. The highest BCUT2D eigenvalue weighted by molar-refractivity contribution is 6.51. The highest BCUT2D eigenvalue weighted by Crippen LogP contribution is 2.43. The number of hydrogen-bond acceptors (Lipinski definition) is 6. The summed E-state index contributed by atoms with van der Waals surface area (Å²) in [5, 5.41) is 22.4. The first-order valence-electron chi connectivity index (χ1n) is 10.7. The molecule has 1 fully saturated rings. The molecule has 1 N–H and O–H groups in total. The van der Waals surface area contributed by atoms with Crippen molar-refractivity contribution in [2.75, 3.05) is 11.5 Å². The number of rotatable bonds is 6. The number of nitrogens with zero attached hydrogens (tertiary/aromatic N) is 2. The van der Waals surface area contributed by atoms with Crippen molar-refractivity contribution in [3.05, 3.63) is 105 Å². The van der Waals surface area contributed by atoms with Crippen LogP contribution in [-0.4, -0.2) is 28.3 Å². The molecule has 8 nitrogen and oxygen atoms in total. The summed E-state index contributed by atoms with van der Waals surface area (Å²) in [5.74, 6) is -1.51. The number of carbonyl (C=O) groups excluding carboxylic acids is 2. The number of para-hydroxylation sites is 1. The second-order valence-corrected chi connectivity index (χ2v) is 7.77. The van der Waals surface area contributed by atoms with E-state index < -0.39 is 28.4 Å². The van der Waals surface area contributed by atoms with Gasteiger partial charge in [0.25, 0.3) is 17.4 Å². The number of non-ortho nitro benzene ring substituents is 1. The van der Waals surface area contributed by atoms with E-state index in [1.807, 2.05) is 26.0 Å². The van der Waals surface area contributed by atoms with E-state index in [1.165, 1.54) is 29.2 Å². The van der Waals surface area contributed by atoms with Gasteiger partial charge in [0.1, 0.15) is 11.5 Å². The van der Waals surface area contributed by atoms with Crippen LogP contribution in [0.2, 0.25) is 0 Å². The molecule has 0 bridgehead atoms. The molecule has 3 aromatic carbocycles. The molecular formula is C26H22N2O6. The fourth-order valence-corrected chi connectivity index (χ4v) is 4.07. The normalized spacial score (nSPS) is 17.1. The van der Waals surface area contributed by atoms with E-state index in [4.69, 9.17) is 4.74 Å². The number of ether oxygens (including phenoxy) is 1. The van der Waals surface area contributed by atoms with Crippen molar-refractivity contribution in [3.63, 3.8) is 0 Å². The minimum absolute atomic E-state index is 0.0768. The van der Waals surface area contributed by atoms with Crippen LogP contribution in [0.3, 0.4) is 0 Å². The fourth-order valence-electron chi connectivity index (χ4n) is 4.07. The molecule has 0 aliphatic carbocycles. The van der Waals surface area contributed by atoms with Crippen LogP contribution in [0.5, 0.6) is 5.75 Å². The Hall–Kier alpha value is -4.46. The lowest BCUT2D eigenvalue weighted by Gasteiger charge is -2.27. The van der Waals surface area contributed by atoms with Gasteiger partial charge in [-0.1, -0.05) is 42.5 Å². The third kappa shape index (κ3) is 4.01. The van der Waals surface area contributed by atoms with Crippen molar-refractivity contribution >= 4 is 28.8 Å². The van der Waals surface area contributed by atoms with E-state index in [9.17, 15) is 24.8 Å². The summed E-state index contributed by atoms with van der Waals surface area (Å²) in [4.78, 5) is 38.4. The number of carbonyl (C=O) groups is 2. The van der Waals surface area contributed by atoms with Crippen LogP contribution in [0.1, 0.15) is 29.7 Å². The summed E-state index contributed by atoms with van der Waals surface area (Å²) in [6, 6.07) is 18.4. The summed E-state index contributed by atoms with van der Waals surface area (Å²) < 4.78 is 5.50. The zero-order valence-corrected chi connectivity index (χ0v) is 18.6. The number of ketones is 1. The number of nitro groups is 1. The number of aliphatic hydroxyl groups is 1. The van der Waals surface area contributed by atoms with Crippen LogP contribution in [-0.2, 0) is 9.59 Å². The second-order valence-electron chi connectivity index (χ2n) is 7.77. The molecule has 0 spiro atoms. The average molecular weight is 458 g/mol. The third-order valence-electron chi connectivity index (χ3n) is 5.66. The monoisotopic (exact) mass is 458 g/mol. The molecular weight excluding hydrogens is 436 g/mol. The standard InChI is InChI=1S/C26H22N2O6/c1-3-34-20-13-11-17(12-14-20)23-22(24(29)18-8-6-9-19(15-18)28(32)33)25(30)26(31)27(23)21-10-5-4-7-16(21)2/h4-15,23,29H,3H2,1-2H3/b24-22-. The van der Waals surface area contributed by atoms with Gasteiger partial charge in [0.15, 0.2) is 0 Å². The Bertz CT molecular complexity index is 1310. The van der Waals surface area contributed by atoms with E-state index in [-0.39, 0.29) is 16.8 Å². The van der Waals surface area contributed by atoms with Crippen molar-refractivity contribution < 1.29 is 24.4 Å². The molecule has 4 rings (SSSR count). The van der Waals surface area contributed by atoms with E-state index in [2.05, 4.69) is 0 Å². The van der Waals surface area contributed by atoms with Crippen molar-refractivity contribution in [2.24, 2.45) is 0 Å². The lowest BCUT2D eigenvalue weighted by Crippen LogP contribution is -2.30. The van der Waals surface area contributed by atoms with Gasteiger partial charge >= 0.3 is 0 Å². The molecule has 3 aromatic rings. The van der Waals surface area contributed by atoms with Gasteiger partial charge in [-0.05, 0) is 43.2 Å². The molecule has 1 unspecified atom stereocenters. The molecule has 1 saturated heterocycles. The molecule has 0 saturated carbocycles. The molecule has 0 aromatic heterocycles. The van der Waals surface area contributed by atoms with Crippen LogP contribution in [0.15, 0.2) is 78.4 Å².